The zero-order valence-corrected chi connectivity index (χ0v) is 19.5. The molecule has 0 atom stereocenters. The van der Waals surface area contributed by atoms with Crippen molar-refractivity contribution >= 4 is 15.9 Å². The molecule has 8 nitrogen and oxygen atoms in total. The van der Waals surface area contributed by atoms with Gasteiger partial charge in [0.15, 0.2) is 0 Å². The van der Waals surface area contributed by atoms with E-state index in [1.54, 1.807) is 0 Å². The molecule has 2 aromatic rings. The number of alkyl halides is 3. The summed E-state index contributed by atoms with van der Waals surface area (Å²) in [4.78, 5) is 11.6. The van der Waals surface area contributed by atoms with E-state index in [0.29, 0.717) is 18.4 Å². The van der Waals surface area contributed by atoms with Crippen molar-refractivity contribution in [2.75, 3.05) is 13.1 Å². The largest absolute Gasteiger partial charge is 0.573 e. The number of hydrogen-bond donors (Lipinski definition) is 2. The molecule has 3 rings (SSSR count). The highest BCUT2D eigenvalue weighted by molar-refractivity contribution is 7.89. The van der Waals surface area contributed by atoms with Crippen LogP contribution in [0.2, 0.25) is 0 Å². The highest BCUT2D eigenvalue weighted by atomic mass is 32.2. The molecule has 0 unspecified atom stereocenters. The predicted molar refractivity (Wildman–Crippen MR) is 117 cm³/mol. The minimum Gasteiger partial charge on any atom is -0.406 e. The predicted octanol–water partition coefficient (Wildman–Crippen LogP) is 4.10. The van der Waals surface area contributed by atoms with E-state index >= 15 is 0 Å². The van der Waals surface area contributed by atoms with Crippen LogP contribution in [0.4, 0.5) is 13.2 Å². The quantitative estimate of drug-likeness (QED) is 0.435. The number of halogens is 3. The second-order valence-corrected chi connectivity index (χ2v) is 8.95. The van der Waals surface area contributed by atoms with Gasteiger partial charge in [-0.25, -0.2) is 13.9 Å². The Kier molecular flexibility index (Phi) is 9.86. The summed E-state index contributed by atoms with van der Waals surface area (Å²) in [5.74, 6) is -1.25. The fourth-order valence-corrected chi connectivity index (χ4v) is 4.98. The van der Waals surface area contributed by atoms with Gasteiger partial charge in [-0.3, -0.25) is 10.0 Å². The summed E-state index contributed by atoms with van der Waals surface area (Å²) in [6.45, 7) is 4.49. The van der Waals surface area contributed by atoms with Gasteiger partial charge in [0.05, 0.1) is 23.2 Å². The summed E-state index contributed by atoms with van der Waals surface area (Å²) < 4.78 is 73.4. The molecular weight excluding hydrogens is 477 g/mol. The lowest BCUT2D eigenvalue weighted by Gasteiger charge is -2.31. The van der Waals surface area contributed by atoms with Crippen molar-refractivity contribution in [3.05, 3.63) is 59.7 Å². The molecule has 188 valence electrons. The normalized spacial score (nSPS) is 15.2. The highest BCUT2D eigenvalue weighted by Gasteiger charge is 2.33. The van der Waals surface area contributed by atoms with Gasteiger partial charge in [-0.15, -0.1) is 13.2 Å². The first kappa shape index (κ1) is 27.6. The third kappa shape index (κ3) is 7.42. The summed E-state index contributed by atoms with van der Waals surface area (Å²) in [5.41, 5.74) is 1.94. The van der Waals surface area contributed by atoms with Gasteiger partial charge in [0.1, 0.15) is 5.75 Å². The SMILES string of the molecule is CC.O=C(NO)c1ccccc1S(=O)(=O)N1CCC(OCc2ccc(OC(F)(F)F)cc2)CC1. The molecule has 0 aliphatic carbocycles. The fourth-order valence-electron chi connectivity index (χ4n) is 3.32. The summed E-state index contributed by atoms with van der Waals surface area (Å²) in [6.07, 6.45) is -4.18. The van der Waals surface area contributed by atoms with E-state index in [9.17, 15) is 26.4 Å². The molecular formula is C22H27F3N2O6S. The van der Waals surface area contributed by atoms with Crippen LogP contribution in [-0.4, -0.2) is 49.4 Å². The number of nitrogens with one attached hydrogen (secondary N) is 1. The van der Waals surface area contributed by atoms with Crippen molar-refractivity contribution in [1.29, 1.82) is 0 Å². The lowest BCUT2D eigenvalue weighted by molar-refractivity contribution is -0.274. The number of rotatable bonds is 7. The lowest BCUT2D eigenvalue weighted by atomic mass is 10.1. The molecule has 1 aliphatic rings. The average molecular weight is 505 g/mol. The highest BCUT2D eigenvalue weighted by Crippen LogP contribution is 2.26. The van der Waals surface area contributed by atoms with Gasteiger partial charge in [0, 0.05) is 13.1 Å². The van der Waals surface area contributed by atoms with Crippen LogP contribution in [0.25, 0.3) is 0 Å². The van der Waals surface area contributed by atoms with E-state index in [4.69, 9.17) is 9.94 Å². The second-order valence-electron chi connectivity index (χ2n) is 7.04. The van der Waals surface area contributed by atoms with E-state index in [2.05, 4.69) is 4.74 Å². The van der Waals surface area contributed by atoms with Crippen LogP contribution in [0.15, 0.2) is 53.4 Å². The van der Waals surface area contributed by atoms with Crippen molar-refractivity contribution in [3.63, 3.8) is 0 Å². The van der Waals surface area contributed by atoms with Crippen molar-refractivity contribution in [2.24, 2.45) is 0 Å². The molecule has 1 aliphatic heterocycles. The summed E-state index contributed by atoms with van der Waals surface area (Å²) >= 11 is 0. The number of carbonyl (C=O) groups is 1. The van der Waals surface area contributed by atoms with Gasteiger partial charge in [0.25, 0.3) is 5.91 Å². The molecule has 1 saturated heterocycles. The van der Waals surface area contributed by atoms with Crippen LogP contribution >= 0.6 is 0 Å². The number of hydrogen-bond acceptors (Lipinski definition) is 6. The number of amides is 1. The number of carbonyl (C=O) groups excluding carboxylic acids is 1. The number of hydroxylamine groups is 1. The maximum atomic E-state index is 13.0. The number of nitrogens with zero attached hydrogens (tertiary/aromatic N) is 1. The Labute approximate surface area is 196 Å². The third-order valence-electron chi connectivity index (χ3n) is 4.89. The zero-order chi connectivity index (χ0) is 25.4. The van der Waals surface area contributed by atoms with Crippen molar-refractivity contribution in [1.82, 2.24) is 9.79 Å². The number of sulfonamides is 1. The number of piperidine rings is 1. The molecule has 34 heavy (non-hydrogen) atoms. The first-order valence-electron chi connectivity index (χ1n) is 10.6. The van der Waals surface area contributed by atoms with Crippen LogP contribution < -0.4 is 10.2 Å². The lowest BCUT2D eigenvalue weighted by Crippen LogP contribution is -2.41. The molecule has 2 N–H and O–H groups in total. The Bertz CT molecular complexity index is 1040. The molecule has 1 heterocycles. The Balaban J connectivity index is 0.00000199. The van der Waals surface area contributed by atoms with Crippen LogP contribution in [0, 0.1) is 0 Å². The van der Waals surface area contributed by atoms with E-state index in [1.165, 1.54) is 58.3 Å². The molecule has 0 radical (unpaired) electrons. The smallest absolute Gasteiger partial charge is 0.406 e. The van der Waals surface area contributed by atoms with Crippen LogP contribution in [0.5, 0.6) is 5.75 Å². The molecule has 1 fully saturated rings. The number of ether oxygens (including phenoxy) is 2. The standard InChI is InChI=1S/C20H21F3N2O6S.C2H6/c21-20(22,23)31-16-7-5-14(6-8-16)13-30-15-9-11-25(12-10-15)32(28,29)18-4-2-1-3-17(18)19(26)24-27;1-2/h1-8,15,27H,9-13H2,(H,24,26);1-2H3. The zero-order valence-electron chi connectivity index (χ0n) is 18.7. The Hall–Kier alpha value is -2.67. The third-order valence-corrected chi connectivity index (χ3v) is 6.85. The first-order chi connectivity index (χ1) is 16.1. The van der Waals surface area contributed by atoms with Gasteiger partial charge < -0.3 is 9.47 Å². The number of benzene rings is 2. The van der Waals surface area contributed by atoms with Gasteiger partial charge in [-0.1, -0.05) is 38.1 Å². The van der Waals surface area contributed by atoms with Crippen molar-refractivity contribution in [2.45, 2.75) is 50.7 Å². The van der Waals surface area contributed by atoms with E-state index < -0.39 is 22.3 Å². The summed E-state index contributed by atoms with van der Waals surface area (Å²) in [5, 5.41) is 8.86. The average Bonchev–Trinajstić information content (AvgIpc) is 2.83. The molecule has 12 heteroatoms. The van der Waals surface area contributed by atoms with Gasteiger partial charge in [-0.2, -0.15) is 4.31 Å². The van der Waals surface area contributed by atoms with E-state index in [1.807, 2.05) is 13.8 Å². The monoisotopic (exact) mass is 504 g/mol. The molecule has 0 bridgehead atoms. The van der Waals surface area contributed by atoms with E-state index in [-0.39, 0.29) is 42.0 Å². The summed E-state index contributed by atoms with van der Waals surface area (Å²) in [7, 11) is -3.96. The van der Waals surface area contributed by atoms with Gasteiger partial charge in [0.2, 0.25) is 10.0 Å². The maximum Gasteiger partial charge on any atom is 0.573 e. The Morgan fingerprint density at radius 3 is 2.24 bits per heavy atom. The van der Waals surface area contributed by atoms with Gasteiger partial charge in [-0.05, 0) is 42.7 Å². The van der Waals surface area contributed by atoms with Crippen LogP contribution in [-0.2, 0) is 21.4 Å². The molecule has 0 aromatic heterocycles. The second kappa shape index (κ2) is 12.2. The topological polar surface area (TPSA) is 105 Å². The van der Waals surface area contributed by atoms with E-state index in [0.717, 1.165) is 0 Å². The fraction of sp³-hybridized carbons (Fsp3) is 0.409. The van der Waals surface area contributed by atoms with Crippen molar-refractivity contribution < 1.29 is 41.1 Å². The van der Waals surface area contributed by atoms with Crippen molar-refractivity contribution in [3.8, 4) is 5.75 Å². The molecule has 0 spiro atoms. The molecule has 2 aromatic carbocycles. The molecule has 1 amide bonds. The maximum absolute atomic E-state index is 13.0. The minimum atomic E-state index is -4.76. The molecule has 0 saturated carbocycles. The first-order valence-corrected chi connectivity index (χ1v) is 12.0. The minimum absolute atomic E-state index is 0.156. The van der Waals surface area contributed by atoms with Crippen LogP contribution in [0.1, 0.15) is 42.6 Å². The van der Waals surface area contributed by atoms with Gasteiger partial charge >= 0.3 is 6.36 Å². The Morgan fingerprint density at radius 1 is 1.09 bits per heavy atom. The Morgan fingerprint density at radius 2 is 1.68 bits per heavy atom. The summed E-state index contributed by atoms with van der Waals surface area (Å²) in [6, 6.07) is 10.9. The van der Waals surface area contributed by atoms with Crippen LogP contribution in [0.3, 0.4) is 0 Å².